The van der Waals surface area contributed by atoms with E-state index in [0.717, 1.165) is 85.6 Å². The molecule has 3 N–H and O–H groups in total. The maximum atomic E-state index is 13.1. The Balaban J connectivity index is 1.76. The molecule has 2 atom stereocenters. The Hall–Kier alpha value is -4.52. The Kier molecular flexibility index (Phi) is 6.87. The largest absolute Gasteiger partial charge is 0.481 e. The number of hydrogen-bond acceptors (Lipinski definition) is 5. The summed E-state index contributed by atoms with van der Waals surface area (Å²) in [6.07, 6.45) is 9.76. The van der Waals surface area contributed by atoms with Crippen LogP contribution in [0, 0.1) is 12.3 Å². The first-order valence-corrected chi connectivity index (χ1v) is 15.1. The number of aliphatic carboxylic acids is 1. The normalized spacial score (nSPS) is 27.7. The molecule has 6 rings (SSSR count). The minimum Gasteiger partial charge on any atom is -0.481 e. The van der Waals surface area contributed by atoms with Crippen LogP contribution >= 0.6 is 0 Å². The summed E-state index contributed by atoms with van der Waals surface area (Å²) in [4.78, 5) is 31.8. The molecular weight excluding hydrogens is 534 g/mol. The highest BCUT2D eigenvalue weighted by Gasteiger charge is 2.50. The first kappa shape index (κ1) is 28.6. The van der Waals surface area contributed by atoms with Gasteiger partial charge in [0.05, 0.1) is 34.6 Å². The van der Waals surface area contributed by atoms with Crippen molar-refractivity contribution >= 4 is 35.1 Å². The second kappa shape index (κ2) is 10.3. The Bertz CT molecular complexity index is 1940. The minimum atomic E-state index is -1.21. The third-order valence-corrected chi connectivity index (χ3v) is 9.89. The molecule has 4 aliphatic rings. The van der Waals surface area contributed by atoms with E-state index in [1.54, 1.807) is 13.1 Å². The Morgan fingerprint density at radius 1 is 0.953 bits per heavy atom. The number of carboxylic acids is 1. The lowest BCUT2D eigenvalue weighted by molar-refractivity contribution is -0.145. The highest BCUT2D eigenvalue weighted by atomic mass is 16.4. The van der Waals surface area contributed by atoms with E-state index < -0.39 is 17.4 Å². The van der Waals surface area contributed by atoms with Crippen molar-refractivity contribution in [3.8, 4) is 0 Å². The van der Waals surface area contributed by atoms with Gasteiger partial charge in [-0.05, 0) is 124 Å². The molecule has 6 heterocycles. The van der Waals surface area contributed by atoms with Crippen LogP contribution in [-0.2, 0) is 11.2 Å². The summed E-state index contributed by atoms with van der Waals surface area (Å²) in [7, 11) is 0. The molecule has 0 saturated carbocycles. The molecule has 0 amide bonds. The van der Waals surface area contributed by atoms with Crippen molar-refractivity contribution in [2.75, 3.05) is 0 Å². The molecule has 0 saturated heterocycles. The van der Waals surface area contributed by atoms with Crippen molar-refractivity contribution < 1.29 is 9.90 Å². The number of aliphatic imine (C=N–C) groups is 2. The molecule has 220 valence electrons. The Morgan fingerprint density at radius 2 is 1.70 bits per heavy atom. The fourth-order valence-corrected chi connectivity index (χ4v) is 6.77. The first-order chi connectivity index (χ1) is 20.5. The Morgan fingerprint density at radius 3 is 2.35 bits per heavy atom. The van der Waals surface area contributed by atoms with E-state index in [0.29, 0.717) is 0 Å². The van der Waals surface area contributed by atoms with E-state index >= 15 is 0 Å². The zero-order valence-electron chi connectivity index (χ0n) is 26.2. The van der Waals surface area contributed by atoms with Gasteiger partial charge in [0.15, 0.2) is 0 Å². The second-order valence-corrected chi connectivity index (χ2v) is 12.0. The van der Waals surface area contributed by atoms with Gasteiger partial charge in [-0.1, -0.05) is 19.9 Å². The van der Waals surface area contributed by atoms with Crippen molar-refractivity contribution in [1.29, 1.82) is 0 Å². The average molecular weight is 574 g/mol. The van der Waals surface area contributed by atoms with Gasteiger partial charge in [0, 0.05) is 28.2 Å². The predicted octanol–water partition coefficient (Wildman–Crippen LogP) is 5.46. The van der Waals surface area contributed by atoms with Gasteiger partial charge < -0.3 is 15.4 Å². The quantitative estimate of drug-likeness (QED) is 0.452. The third-order valence-electron chi connectivity index (χ3n) is 9.89. The van der Waals surface area contributed by atoms with Crippen LogP contribution in [-0.4, -0.2) is 38.5 Å². The zero-order valence-corrected chi connectivity index (χ0v) is 26.2. The number of aromatic nitrogens is 2. The molecular formula is C36H39N5O2. The summed E-state index contributed by atoms with van der Waals surface area (Å²) in [6, 6.07) is 5.27. The number of allylic oxidation sites excluding steroid dienone is 5. The molecule has 8 bridgehead atoms. The number of pyridine rings is 1. The lowest BCUT2D eigenvalue weighted by Gasteiger charge is -2.26. The molecule has 0 fully saturated rings. The number of hydrogen-bond donors (Lipinski definition) is 3. The molecule has 0 spiro atoms. The SMILES string of the molecule is CCC1=C(C)/C2=C/C3NC(=C(C)C3(C)C(=O)O)/C(c3ccccn3)=C3N=C(/C=c4\[nH]/c(c(CC)c4C)=C\C1=N2)C(C)=C\3C. The number of rotatable bonds is 4. The standard InChI is InChI=1S/C36H39N5O2/c1-9-23-20(5)27-15-26-18(3)19(4)33(40-26)32(25-13-11-12-14-37-25)34-22(7)36(8,35(42)43)31(41-34)17-28-21(6)24(10-2)30(39-28)16-29(23)38-27/h11-17,31,38,41H,9-10H2,1-8H3,(H,42,43)/b27-15-,28-17-,29-16-,33-32-. The zero-order chi connectivity index (χ0) is 30.8. The molecule has 2 aromatic rings. The van der Waals surface area contributed by atoms with E-state index in [1.807, 2.05) is 31.2 Å². The summed E-state index contributed by atoms with van der Waals surface area (Å²) in [5, 5.41) is 16.4. The molecule has 2 unspecified atom stereocenters. The number of nitrogens with zero attached hydrogens (tertiary/aromatic N) is 3. The molecule has 0 aliphatic carbocycles. The lowest BCUT2D eigenvalue weighted by atomic mass is 9.77. The summed E-state index contributed by atoms with van der Waals surface area (Å²) in [6.45, 7) is 16.5. The van der Waals surface area contributed by atoms with Crippen LogP contribution < -0.4 is 16.0 Å². The van der Waals surface area contributed by atoms with Crippen LogP contribution in [0.4, 0.5) is 0 Å². The topological polar surface area (TPSA) is 103 Å². The smallest absolute Gasteiger partial charge is 0.316 e. The first-order valence-electron chi connectivity index (χ1n) is 15.1. The number of carbonyl (C=O) groups is 1. The van der Waals surface area contributed by atoms with E-state index in [4.69, 9.17) is 15.0 Å². The maximum Gasteiger partial charge on any atom is 0.316 e. The molecule has 7 heteroatoms. The number of fused-ring (bicyclic) bond motifs is 6. The van der Waals surface area contributed by atoms with Gasteiger partial charge in [0.25, 0.3) is 0 Å². The molecule has 43 heavy (non-hydrogen) atoms. The van der Waals surface area contributed by atoms with Crippen LogP contribution in [0.2, 0.25) is 0 Å². The van der Waals surface area contributed by atoms with E-state index in [9.17, 15) is 9.90 Å². The van der Waals surface area contributed by atoms with Gasteiger partial charge in [0.2, 0.25) is 0 Å². The van der Waals surface area contributed by atoms with Gasteiger partial charge >= 0.3 is 5.97 Å². The maximum absolute atomic E-state index is 13.1. The highest BCUT2D eigenvalue weighted by Crippen LogP contribution is 2.46. The van der Waals surface area contributed by atoms with Gasteiger partial charge in [-0.3, -0.25) is 9.78 Å². The van der Waals surface area contributed by atoms with Crippen LogP contribution in [0.1, 0.15) is 71.7 Å². The molecule has 4 aliphatic heterocycles. The summed E-state index contributed by atoms with van der Waals surface area (Å²) < 4.78 is 0. The van der Waals surface area contributed by atoms with E-state index in [1.165, 1.54) is 16.7 Å². The highest BCUT2D eigenvalue weighted by molar-refractivity contribution is 6.24. The minimum absolute atomic E-state index is 0.536. The fourth-order valence-electron chi connectivity index (χ4n) is 6.77. The number of carboxylic acid groups (broad SMARTS) is 1. The van der Waals surface area contributed by atoms with Crippen molar-refractivity contribution in [2.45, 2.75) is 74.3 Å². The molecule has 0 radical (unpaired) electrons. The van der Waals surface area contributed by atoms with Crippen molar-refractivity contribution in [3.63, 3.8) is 0 Å². The van der Waals surface area contributed by atoms with Crippen LogP contribution in [0.5, 0.6) is 0 Å². The van der Waals surface area contributed by atoms with Crippen molar-refractivity contribution in [2.24, 2.45) is 15.4 Å². The number of H-pyrrole nitrogens is 1. The van der Waals surface area contributed by atoms with E-state index in [-0.39, 0.29) is 0 Å². The predicted molar refractivity (Wildman–Crippen MR) is 174 cm³/mol. The third kappa shape index (κ3) is 4.24. The number of nitrogens with one attached hydrogen (secondary N) is 2. The Labute approximate surface area is 252 Å². The van der Waals surface area contributed by atoms with Crippen molar-refractivity contribution in [1.82, 2.24) is 15.3 Å². The lowest BCUT2D eigenvalue weighted by Crippen LogP contribution is -2.41. The second-order valence-electron chi connectivity index (χ2n) is 12.0. The average Bonchev–Trinajstić information content (AvgIpc) is 3.63. The molecule has 2 aromatic heterocycles. The van der Waals surface area contributed by atoms with Crippen LogP contribution in [0.25, 0.3) is 17.7 Å². The van der Waals surface area contributed by atoms with Crippen molar-refractivity contribution in [3.05, 3.63) is 103 Å². The molecule has 0 aromatic carbocycles. The van der Waals surface area contributed by atoms with E-state index in [2.05, 4.69) is 64.0 Å². The van der Waals surface area contributed by atoms with Crippen LogP contribution in [0.15, 0.2) is 85.4 Å². The summed E-state index contributed by atoms with van der Waals surface area (Å²) >= 11 is 0. The summed E-state index contributed by atoms with van der Waals surface area (Å²) in [5.41, 5.74) is 12.1. The summed E-state index contributed by atoms with van der Waals surface area (Å²) in [5.74, 6) is -0.891. The fraction of sp³-hybridized carbons (Fsp3) is 0.333. The van der Waals surface area contributed by atoms with Gasteiger partial charge in [-0.25, -0.2) is 9.98 Å². The van der Waals surface area contributed by atoms with Gasteiger partial charge in [-0.2, -0.15) is 0 Å². The monoisotopic (exact) mass is 573 g/mol. The van der Waals surface area contributed by atoms with Crippen LogP contribution in [0.3, 0.4) is 0 Å². The van der Waals surface area contributed by atoms with Gasteiger partial charge in [-0.15, -0.1) is 0 Å². The molecule has 7 nitrogen and oxygen atoms in total. The van der Waals surface area contributed by atoms with Gasteiger partial charge in [0.1, 0.15) is 5.41 Å². The number of aromatic amines is 1.